The van der Waals surface area contributed by atoms with E-state index >= 15 is 0 Å². The first-order chi connectivity index (χ1) is 12.0. The van der Waals surface area contributed by atoms with E-state index in [2.05, 4.69) is 19.0 Å². The average Bonchev–Trinajstić information content (AvgIpc) is 2.91. The van der Waals surface area contributed by atoms with Gasteiger partial charge in [0.05, 0.1) is 12.3 Å². The standard InChI is InChI=1S/C17H17NO4.C3H8/c1-4-7-20-12-5-6-13-14(9-16(19)21-15(13)8-12)17-10(2)18-22-11(17)3;1-3-2/h5-6,8-9H,4,7H2,1-3H3;3H2,1-2H3. The van der Waals surface area contributed by atoms with E-state index in [1.807, 2.05) is 32.9 Å². The van der Waals surface area contributed by atoms with Crippen molar-refractivity contribution in [3.05, 3.63) is 46.1 Å². The third-order valence-corrected chi connectivity index (χ3v) is 3.49. The lowest BCUT2D eigenvalue weighted by molar-refractivity contribution is 0.317. The smallest absolute Gasteiger partial charge is 0.336 e. The topological polar surface area (TPSA) is 65.5 Å². The van der Waals surface area contributed by atoms with Crippen molar-refractivity contribution >= 4 is 11.0 Å². The lowest BCUT2D eigenvalue weighted by Crippen LogP contribution is -2.00. The minimum absolute atomic E-state index is 0.407. The van der Waals surface area contributed by atoms with Gasteiger partial charge in [0.15, 0.2) is 0 Å². The number of benzene rings is 1. The van der Waals surface area contributed by atoms with Crippen LogP contribution in [0.15, 0.2) is 38.0 Å². The molecule has 3 aromatic rings. The fourth-order valence-electron chi connectivity index (χ4n) is 2.53. The van der Waals surface area contributed by atoms with E-state index in [0.29, 0.717) is 23.7 Å². The summed E-state index contributed by atoms with van der Waals surface area (Å²) in [5.74, 6) is 1.36. The van der Waals surface area contributed by atoms with Crippen LogP contribution in [0.4, 0.5) is 0 Å². The van der Waals surface area contributed by atoms with Crippen molar-refractivity contribution in [3.63, 3.8) is 0 Å². The summed E-state index contributed by atoms with van der Waals surface area (Å²) in [5, 5.41) is 4.79. The molecule has 1 aromatic carbocycles. The van der Waals surface area contributed by atoms with Crippen LogP contribution < -0.4 is 10.4 Å². The van der Waals surface area contributed by atoms with Gasteiger partial charge in [-0.3, -0.25) is 0 Å². The number of hydrogen-bond donors (Lipinski definition) is 0. The maximum absolute atomic E-state index is 11.9. The van der Waals surface area contributed by atoms with Crippen molar-refractivity contribution in [2.75, 3.05) is 6.61 Å². The van der Waals surface area contributed by atoms with Crippen molar-refractivity contribution < 1.29 is 13.7 Å². The fourth-order valence-corrected chi connectivity index (χ4v) is 2.53. The monoisotopic (exact) mass is 343 g/mol. The quantitative estimate of drug-likeness (QED) is 0.604. The largest absolute Gasteiger partial charge is 0.493 e. The molecule has 25 heavy (non-hydrogen) atoms. The average molecular weight is 343 g/mol. The summed E-state index contributed by atoms with van der Waals surface area (Å²) in [7, 11) is 0. The van der Waals surface area contributed by atoms with Crippen LogP contribution in [0.3, 0.4) is 0 Å². The fraction of sp³-hybridized carbons (Fsp3) is 0.400. The van der Waals surface area contributed by atoms with Crippen molar-refractivity contribution in [1.82, 2.24) is 5.16 Å². The van der Waals surface area contributed by atoms with Crippen LogP contribution in [-0.2, 0) is 0 Å². The zero-order valence-corrected chi connectivity index (χ0v) is 15.5. The molecule has 0 unspecified atom stereocenters. The number of hydrogen-bond acceptors (Lipinski definition) is 5. The molecule has 2 heterocycles. The molecule has 0 atom stereocenters. The summed E-state index contributed by atoms with van der Waals surface area (Å²) in [5.41, 5.74) is 2.44. The minimum Gasteiger partial charge on any atom is -0.493 e. The molecule has 0 fully saturated rings. The first-order valence-electron chi connectivity index (χ1n) is 8.65. The summed E-state index contributed by atoms with van der Waals surface area (Å²) in [6, 6.07) is 6.99. The Kier molecular flexibility index (Phi) is 6.39. The van der Waals surface area contributed by atoms with Gasteiger partial charge in [0, 0.05) is 28.6 Å². The number of rotatable bonds is 4. The van der Waals surface area contributed by atoms with Gasteiger partial charge in [-0.2, -0.15) is 0 Å². The second-order valence-corrected chi connectivity index (χ2v) is 5.89. The third kappa shape index (κ3) is 4.29. The second-order valence-electron chi connectivity index (χ2n) is 5.89. The molecule has 5 heteroatoms. The van der Waals surface area contributed by atoms with E-state index in [0.717, 1.165) is 28.6 Å². The highest BCUT2D eigenvalue weighted by atomic mass is 16.5. The van der Waals surface area contributed by atoms with Crippen LogP contribution in [0.1, 0.15) is 45.1 Å². The molecule has 3 rings (SSSR count). The Morgan fingerprint density at radius 2 is 1.84 bits per heavy atom. The highest BCUT2D eigenvalue weighted by Crippen LogP contribution is 2.33. The summed E-state index contributed by atoms with van der Waals surface area (Å²) in [6.45, 7) is 10.6. The van der Waals surface area contributed by atoms with E-state index in [1.54, 1.807) is 6.07 Å². The highest BCUT2D eigenvalue weighted by Gasteiger charge is 2.16. The van der Waals surface area contributed by atoms with E-state index in [1.165, 1.54) is 12.5 Å². The minimum atomic E-state index is -0.407. The zero-order chi connectivity index (χ0) is 18.4. The Labute approximate surface area is 147 Å². The van der Waals surface area contributed by atoms with Gasteiger partial charge in [-0.15, -0.1) is 0 Å². The Morgan fingerprint density at radius 1 is 1.12 bits per heavy atom. The van der Waals surface area contributed by atoms with Crippen LogP contribution >= 0.6 is 0 Å². The van der Waals surface area contributed by atoms with Gasteiger partial charge in [0.1, 0.15) is 17.1 Å². The van der Waals surface area contributed by atoms with Gasteiger partial charge in [0.2, 0.25) is 0 Å². The molecule has 0 radical (unpaired) electrons. The van der Waals surface area contributed by atoms with E-state index in [9.17, 15) is 4.79 Å². The van der Waals surface area contributed by atoms with E-state index < -0.39 is 5.63 Å². The summed E-state index contributed by atoms with van der Waals surface area (Å²) < 4.78 is 16.1. The van der Waals surface area contributed by atoms with Crippen LogP contribution in [0, 0.1) is 13.8 Å². The molecule has 0 N–H and O–H groups in total. The van der Waals surface area contributed by atoms with Crippen LogP contribution in [0.5, 0.6) is 5.75 Å². The van der Waals surface area contributed by atoms with Gasteiger partial charge >= 0.3 is 5.63 Å². The normalized spacial score (nSPS) is 10.4. The SMILES string of the molecule is CCC.CCCOc1ccc2c(-c3c(C)noc3C)cc(=O)oc2c1. The lowest BCUT2D eigenvalue weighted by Gasteiger charge is -2.08. The maximum Gasteiger partial charge on any atom is 0.336 e. The molecule has 0 saturated carbocycles. The van der Waals surface area contributed by atoms with Crippen LogP contribution in [0.25, 0.3) is 22.1 Å². The third-order valence-electron chi connectivity index (χ3n) is 3.49. The molecule has 0 amide bonds. The molecule has 0 aliphatic heterocycles. The Hall–Kier alpha value is -2.56. The second kappa shape index (κ2) is 8.51. The predicted octanol–water partition coefficient (Wildman–Crippen LogP) is 5.27. The summed E-state index contributed by atoms with van der Waals surface area (Å²) in [6.07, 6.45) is 2.17. The molecule has 0 aliphatic rings. The Morgan fingerprint density at radius 3 is 2.44 bits per heavy atom. The number of ether oxygens (including phenoxy) is 1. The van der Waals surface area contributed by atoms with Crippen LogP contribution in [0.2, 0.25) is 0 Å². The lowest BCUT2D eigenvalue weighted by atomic mass is 10.0. The molecule has 0 saturated heterocycles. The number of fused-ring (bicyclic) bond motifs is 1. The van der Waals surface area contributed by atoms with Gasteiger partial charge in [-0.05, 0) is 32.4 Å². The van der Waals surface area contributed by atoms with Crippen LogP contribution in [-0.4, -0.2) is 11.8 Å². The van der Waals surface area contributed by atoms with Gasteiger partial charge in [0.25, 0.3) is 0 Å². The van der Waals surface area contributed by atoms with Crippen molar-refractivity contribution in [2.24, 2.45) is 0 Å². The first-order valence-corrected chi connectivity index (χ1v) is 8.65. The molecule has 134 valence electrons. The molecule has 0 aliphatic carbocycles. The first kappa shape index (κ1) is 18.8. The molecule has 2 aromatic heterocycles. The number of nitrogens with zero attached hydrogens (tertiary/aromatic N) is 1. The Bertz CT molecular complexity index is 873. The van der Waals surface area contributed by atoms with E-state index in [4.69, 9.17) is 13.7 Å². The summed E-state index contributed by atoms with van der Waals surface area (Å²) >= 11 is 0. The molecule has 0 spiro atoms. The van der Waals surface area contributed by atoms with Gasteiger partial charge < -0.3 is 13.7 Å². The highest BCUT2D eigenvalue weighted by molar-refractivity contribution is 5.94. The van der Waals surface area contributed by atoms with Crippen molar-refractivity contribution in [2.45, 2.75) is 47.5 Å². The van der Waals surface area contributed by atoms with Gasteiger partial charge in [-0.25, -0.2) is 4.79 Å². The number of aryl methyl sites for hydroxylation is 2. The maximum atomic E-state index is 11.9. The molecule has 0 bridgehead atoms. The van der Waals surface area contributed by atoms with Crippen molar-refractivity contribution in [1.29, 1.82) is 0 Å². The molecular weight excluding hydrogens is 318 g/mol. The summed E-state index contributed by atoms with van der Waals surface area (Å²) in [4.78, 5) is 11.9. The molecule has 5 nitrogen and oxygen atoms in total. The molecular formula is C20H25NO4. The predicted molar refractivity (Wildman–Crippen MR) is 99.2 cm³/mol. The number of aromatic nitrogens is 1. The Balaban J connectivity index is 0.000000701. The zero-order valence-electron chi connectivity index (χ0n) is 15.5. The van der Waals surface area contributed by atoms with Gasteiger partial charge in [-0.1, -0.05) is 32.3 Å². The van der Waals surface area contributed by atoms with Crippen molar-refractivity contribution in [3.8, 4) is 16.9 Å². The van der Waals surface area contributed by atoms with E-state index in [-0.39, 0.29) is 0 Å².